The highest BCUT2D eigenvalue weighted by Crippen LogP contribution is 2.30. The van der Waals surface area contributed by atoms with Crippen molar-refractivity contribution in [1.29, 1.82) is 0 Å². The molecule has 1 aromatic carbocycles. The second-order valence-electron chi connectivity index (χ2n) is 4.86. The van der Waals surface area contributed by atoms with Gasteiger partial charge < -0.3 is 5.32 Å². The predicted octanol–water partition coefficient (Wildman–Crippen LogP) is 3.62. The van der Waals surface area contributed by atoms with E-state index in [-0.39, 0.29) is 5.91 Å². The van der Waals surface area contributed by atoms with Crippen LogP contribution >= 0.6 is 15.9 Å². The van der Waals surface area contributed by atoms with E-state index in [1.165, 1.54) is 19.3 Å². The Morgan fingerprint density at radius 1 is 1.41 bits per heavy atom. The molecule has 0 spiro atoms. The number of nitrogens with one attached hydrogen (secondary N) is 1. The van der Waals surface area contributed by atoms with Crippen molar-refractivity contribution in [3.63, 3.8) is 0 Å². The highest BCUT2D eigenvalue weighted by molar-refractivity contribution is 9.10. The van der Waals surface area contributed by atoms with Gasteiger partial charge in [0.2, 0.25) is 0 Å². The molecule has 2 nitrogen and oxygen atoms in total. The number of carbonyl (C=O) groups excluding carboxylic acids is 1. The van der Waals surface area contributed by atoms with Gasteiger partial charge in [-0.3, -0.25) is 4.79 Å². The summed E-state index contributed by atoms with van der Waals surface area (Å²) in [5.74, 6) is 1.42. The lowest BCUT2D eigenvalue weighted by Crippen LogP contribution is -2.30. The summed E-state index contributed by atoms with van der Waals surface area (Å²) in [7, 11) is 0. The first-order chi connectivity index (χ1) is 8.18. The molecule has 17 heavy (non-hydrogen) atoms. The first-order valence-electron chi connectivity index (χ1n) is 6.21. The van der Waals surface area contributed by atoms with Gasteiger partial charge in [-0.25, -0.2) is 0 Å². The van der Waals surface area contributed by atoms with Gasteiger partial charge in [-0.15, -0.1) is 0 Å². The Labute approximate surface area is 111 Å². The standard InChI is InChI=1S/C14H18BrNO/c1-10-5-4-6-11(10)9-16-14(17)12-7-2-3-8-13(12)15/h2-3,7-8,10-11H,4-6,9H2,1H3,(H,16,17). The largest absolute Gasteiger partial charge is 0.352 e. The fourth-order valence-electron chi connectivity index (χ4n) is 2.49. The van der Waals surface area contributed by atoms with E-state index in [9.17, 15) is 4.79 Å². The molecule has 92 valence electrons. The van der Waals surface area contributed by atoms with Crippen molar-refractivity contribution >= 4 is 21.8 Å². The average Bonchev–Trinajstić information content (AvgIpc) is 2.72. The fourth-order valence-corrected chi connectivity index (χ4v) is 2.95. The second kappa shape index (κ2) is 5.67. The molecule has 1 aliphatic rings. The molecule has 1 fully saturated rings. The molecule has 0 saturated heterocycles. The number of hydrogen-bond acceptors (Lipinski definition) is 1. The van der Waals surface area contributed by atoms with E-state index < -0.39 is 0 Å². The van der Waals surface area contributed by atoms with E-state index in [1.54, 1.807) is 0 Å². The first-order valence-corrected chi connectivity index (χ1v) is 7.00. The number of amides is 1. The van der Waals surface area contributed by atoms with Gasteiger partial charge in [0.25, 0.3) is 5.91 Å². The van der Waals surface area contributed by atoms with Crippen LogP contribution in [-0.4, -0.2) is 12.5 Å². The minimum Gasteiger partial charge on any atom is -0.352 e. The van der Waals surface area contributed by atoms with Crippen LogP contribution in [0.1, 0.15) is 36.5 Å². The molecule has 0 bridgehead atoms. The van der Waals surface area contributed by atoms with Crippen LogP contribution in [0.3, 0.4) is 0 Å². The van der Waals surface area contributed by atoms with Crippen LogP contribution in [0.2, 0.25) is 0 Å². The molecular formula is C14H18BrNO. The third-order valence-corrected chi connectivity index (χ3v) is 4.37. The summed E-state index contributed by atoms with van der Waals surface area (Å²) in [6.45, 7) is 3.09. The van der Waals surface area contributed by atoms with E-state index >= 15 is 0 Å². The lowest BCUT2D eigenvalue weighted by molar-refractivity contribution is 0.0944. The molecule has 1 N–H and O–H groups in total. The van der Waals surface area contributed by atoms with Crippen molar-refractivity contribution in [3.8, 4) is 0 Å². The highest BCUT2D eigenvalue weighted by atomic mass is 79.9. The maximum atomic E-state index is 12.0. The normalized spacial score (nSPS) is 23.6. The van der Waals surface area contributed by atoms with E-state index in [0.29, 0.717) is 5.92 Å². The molecular weight excluding hydrogens is 278 g/mol. The van der Waals surface area contributed by atoms with Crippen LogP contribution in [0.25, 0.3) is 0 Å². The summed E-state index contributed by atoms with van der Waals surface area (Å²) in [6, 6.07) is 7.54. The Balaban J connectivity index is 1.91. The zero-order valence-corrected chi connectivity index (χ0v) is 11.7. The lowest BCUT2D eigenvalue weighted by atomic mass is 9.98. The maximum absolute atomic E-state index is 12.0. The van der Waals surface area contributed by atoms with Crippen LogP contribution < -0.4 is 5.32 Å². The van der Waals surface area contributed by atoms with E-state index in [4.69, 9.17) is 0 Å². The summed E-state index contributed by atoms with van der Waals surface area (Å²) in [4.78, 5) is 12.0. The molecule has 3 heteroatoms. The molecule has 2 unspecified atom stereocenters. The zero-order valence-electron chi connectivity index (χ0n) is 10.1. The van der Waals surface area contributed by atoms with Crippen LogP contribution in [0.4, 0.5) is 0 Å². The molecule has 1 saturated carbocycles. The summed E-state index contributed by atoms with van der Waals surface area (Å²) in [6.07, 6.45) is 3.85. The monoisotopic (exact) mass is 295 g/mol. The fraction of sp³-hybridized carbons (Fsp3) is 0.500. The third kappa shape index (κ3) is 3.09. The van der Waals surface area contributed by atoms with E-state index in [1.807, 2.05) is 24.3 Å². The first kappa shape index (κ1) is 12.6. The lowest BCUT2D eigenvalue weighted by Gasteiger charge is -2.16. The summed E-state index contributed by atoms with van der Waals surface area (Å²) < 4.78 is 0.858. The van der Waals surface area contributed by atoms with Crippen molar-refractivity contribution in [3.05, 3.63) is 34.3 Å². The Morgan fingerprint density at radius 3 is 2.82 bits per heavy atom. The van der Waals surface area contributed by atoms with Crippen molar-refractivity contribution in [2.45, 2.75) is 26.2 Å². The number of halogens is 1. The zero-order chi connectivity index (χ0) is 12.3. The molecule has 0 heterocycles. The summed E-state index contributed by atoms with van der Waals surface area (Å²) in [5.41, 5.74) is 0.721. The minimum atomic E-state index is 0.0246. The molecule has 2 rings (SSSR count). The summed E-state index contributed by atoms with van der Waals surface area (Å²) >= 11 is 3.40. The van der Waals surface area contributed by atoms with Crippen molar-refractivity contribution in [2.75, 3.05) is 6.54 Å². The Kier molecular flexibility index (Phi) is 4.21. The molecule has 1 aromatic rings. The van der Waals surface area contributed by atoms with Gasteiger partial charge in [0, 0.05) is 11.0 Å². The SMILES string of the molecule is CC1CCCC1CNC(=O)c1ccccc1Br. The smallest absolute Gasteiger partial charge is 0.252 e. The maximum Gasteiger partial charge on any atom is 0.252 e. The molecule has 2 atom stereocenters. The predicted molar refractivity (Wildman–Crippen MR) is 73.0 cm³/mol. The van der Waals surface area contributed by atoms with E-state index in [0.717, 1.165) is 22.5 Å². The van der Waals surface area contributed by atoms with Crippen molar-refractivity contribution < 1.29 is 4.79 Å². The molecule has 1 aliphatic carbocycles. The Hall–Kier alpha value is -0.830. The van der Waals surface area contributed by atoms with Crippen LogP contribution in [0, 0.1) is 11.8 Å². The number of carbonyl (C=O) groups is 1. The highest BCUT2D eigenvalue weighted by Gasteiger charge is 2.23. The number of hydrogen-bond donors (Lipinski definition) is 1. The minimum absolute atomic E-state index is 0.0246. The van der Waals surface area contributed by atoms with Gasteiger partial charge in [0.15, 0.2) is 0 Å². The molecule has 0 radical (unpaired) electrons. The van der Waals surface area contributed by atoms with Crippen LogP contribution in [0.15, 0.2) is 28.7 Å². The Morgan fingerprint density at radius 2 is 2.18 bits per heavy atom. The molecule has 0 aromatic heterocycles. The topological polar surface area (TPSA) is 29.1 Å². The quantitative estimate of drug-likeness (QED) is 0.907. The van der Waals surface area contributed by atoms with Crippen LogP contribution in [-0.2, 0) is 0 Å². The third-order valence-electron chi connectivity index (χ3n) is 3.68. The van der Waals surface area contributed by atoms with Crippen molar-refractivity contribution in [2.24, 2.45) is 11.8 Å². The Bertz CT molecular complexity index is 405. The van der Waals surface area contributed by atoms with Gasteiger partial charge in [-0.1, -0.05) is 31.9 Å². The number of rotatable bonds is 3. The summed E-state index contributed by atoms with van der Waals surface area (Å²) in [5, 5.41) is 3.04. The molecule has 0 aliphatic heterocycles. The second-order valence-corrected chi connectivity index (χ2v) is 5.71. The van der Waals surface area contributed by atoms with Crippen molar-refractivity contribution in [1.82, 2.24) is 5.32 Å². The van der Waals surface area contributed by atoms with Crippen LogP contribution in [0.5, 0.6) is 0 Å². The van der Waals surface area contributed by atoms with Gasteiger partial charge in [0.1, 0.15) is 0 Å². The van der Waals surface area contributed by atoms with Gasteiger partial charge >= 0.3 is 0 Å². The van der Waals surface area contributed by atoms with E-state index in [2.05, 4.69) is 28.2 Å². The number of benzene rings is 1. The van der Waals surface area contributed by atoms with Gasteiger partial charge in [-0.05, 0) is 46.3 Å². The molecule has 1 amide bonds. The van der Waals surface area contributed by atoms with Gasteiger partial charge in [0.05, 0.1) is 5.56 Å². The average molecular weight is 296 g/mol. The van der Waals surface area contributed by atoms with Gasteiger partial charge in [-0.2, -0.15) is 0 Å².